The zero-order valence-corrected chi connectivity index (χ0v) is 14.5. The number of para-hydroxylation sites is 1. The highest BCUT2D eigenvalue weighted by Gasteiger charge is 2.12. The van der Waals surface area contributed by atoms with Gasteiger partial charge in [0.15, 0.2) is 11.5 Å². The second-order valence-electron chi connectivity index (χ2n) is 5.09. The number of halogens is 1. The number of benzene rings is 2. The summed E-state index contributed by atoms with van der Waals surface area (Å²) in [7, 11) is 3.23. The van der Waals surface area contributed by atoms with Crippen LogP contribution in [0.4, 0.5) is 0 Å². The van der Waals surface area contributed by atoms with Gasteiger partial charge in [-0.25, -0.2) is 0 Å². The zero-order chi connectivity index (χ0) is 16.1. The van der Waals surface area contributed by atoms with Gasteiger partial charge in [0, 0.05) is 17.7 Å². The van der Waals surface area contributed by atoms with Gasteiger partial charge in [-0.2, -0.15) is 5.10 Å². The lowest BCUT2D eigenvalue weighted by atomic mass is 10.0. The van der Waals surface area contributed by atoms with E-state index in [1.54, 1.807) is 20.4 Å². The van der Waals surface area contributed by atoms with Crippen molar-refractivity contribution in [2.24, 2.45) is 10.1 Å². The van der Waals surface area contributed by atoms with Gasteiger partial charge in [0.2, 0.25) is 0 Å². The zero-order valence-electron chi connectivity index (χ0n) is 13.7. The quantitative estimate of drug-likeness (QED) is 0.684. The Morgan fingerprint density at radius 1 is 1.08 bits per heavy atom. The van der Waals surface area contributed by atoms with E-state index in [0.29, 0.717) is 11.5 Å². The summed E-state index contributed by atoms with van der Waals surface area (Å²) in [5.41, 5.74) is 6.27. The average Bonchev–Trinajstić information content (AvgIpc) is 2.61. The van der Waals surface area contributed by atoms with Gasteiger partial charge in [-0.15, -0.1) is 12.4 Å². The van der Waals surface area contributed by atoms with Gasteiger partial charge in [0.1, 0.15) is 5.84 Å². The molecule has 0 radical (unpaired) electrons. The average molecular weight is 346 g/mol. The minimum Gasteiger partial charge on any atom is -0.493 e. The number of aliphatic imine (C=N–C) groups is 1. The molecule has 0 atom stereocenters. The summed E-state index contributed by atoms with van der Waals surface area (Å²) >= 11 is 0. The Balaban J connectivity index is 0.00000208. The fraction of sp³-hybridized carbons (Fsp3) is 0.222. The monoisotopic (exact) mass is 345 g/mol. The highest BCUT2D eigenvalue weighted by atomic mass is 35.5. The van der Waals surface area contributed by atoms with Crippen molar-refractivity contribution in [1.29, 1.82) is 0 Å². The van der Waals surface area contributed by atoms with Gasteiger partial charge in [-0.3, -0.25) is 10.4 Å². The summed E-state index contributed by atoms with van der Waals surface area (Å²) in [5.74, 6) is 2.13. The first-order valence-corrected chi connectivity index (χ1v) is 7.46. The smallest absolute Gasteiger partial charge is 0.169 e. The number of methoxy groups -OCH3 is 2. The molecular weight excluding hydrogens is 326 g/mol. The molecule has 0 bridgehead atoms. The summed E-state index contributed by atoms with van der Waals surface area (Å²) in [6.45, 7) is 0.775. The number of ether oxygens (including phenoxy) is 2. The van der Waals surface area contributed by atoms with E-state index in [1.165, 1.54) is 5.56 Å². The maximum atomic E-state index is 5.39. The standard InChI is InChI=1S/C18H19N3O2.ClH/c1-22-16-9-5-7-14(17(16)23-2)12-20-21-18-15-8-4-3-6-13(15)10-11-19-18;/h3-9,12H,10-11H2,1-2H3,(H,19,21);1H/b20-12+;. The van der Waals surface area contributed by atoms with Crippen LogP contribution in [-0.2, 0) is 6.42 Å². The van der Waals surface area contributed by atoms with Crippen molar-refractivity contribution in [3.63, 3.8) is 0 Å². The lowest BCUT2D eigenvalue weighted by Crippen LogP contribution is -2.24. The van der Waals surface area contributed by atoms with Crippen LogP contribution in [0.15, 0.2) is 52.6 Å². The van der Waals surface area contributed by atoms with Crippen molar-refractivity contribution < 1.29 is 9.47 Å². The molecule has 126 valence electrons. The topological polar surface area (TPSA) is 55.2 Å². The molecule has 1 aliphatic heterocycles. The summed E-state index contributed by atoms with van der Waals surface area (Å²) in [4.78, 5) is 4.51. The van der Waals surface area contributed by atoms with Crippen molar-refractivity contribution in [1.82, 2.24) is 5.43 Å². The highest BCUT2D eigenvalue weighted by molar-refractivity contribution is 6.01. The van der Waals surface area contributed by atoms with Crippen LogP contribution in [-0.4, -0.2) is 32.8 Å². The summed E-state index contributed by atoms with van der Waals surface area (Å²) in [6, 6.07) is 13.9. The molecule has 5 nitrogen and oxygen atoms in total. The lowest BCUT2D eigenvalue weighted by Gasteiger charge is -2.15. The molecule has 0 unspecified atom stereocenters. The number of hydrazone groups is 1. The van der Waals surface area contributed by atoms with E-state index >= 15 is 0 Å². The maximum absolute atomic E-state index is 5.39. The van der Waals surface area contributed by atoms with Crippen LogP contribution in [0.2, 0.25) is 0 Å². The number of hydrogen-bond donors (Lipinski definition) is 1. The Labute approximate surface area is 147 Å². The molecule has 0 amide bonds. The van der Waals surface area contributed by atoms with Crippen LogP contribution in [0.25, 0.3) is 0 Å². The molecule has 1 N–H and O–H groups in total. The molecule has 2 aromatic rings. The molecule has 0 saturated carbocycles. The Bertz CT molecular complexity index is 760. The SMILES string of the molecule is COc1cccc(/C=N/NC2=NCCc3ccccc32)c1OC.Cl. The van der Waals surface area contributed by atoms with Gasteiger partial charge in [-0.1, -0.05) is 30.3 Å². The Kier molecular flexibility index (Phi) is 6.21. The fourth-order valence-electron chi connectivity index (χ4n) is 2.61. The molecule has 0 aliphatic carbocycles. The van der Waals surface area contributed by atoms with Crippen molar-refractivity contribution in [3.05, 3.63) is 59.2 Å². The molecular formula is C18H20ClN3O2. The van der Waals surface area contributed by atoms with Crippen LogP contribution in [0, 0.1) is 0 Å². The first kappa shape index (κ1) is 17.8. The Morgan fingerprint density at radius 2 is 1.92 bits per heavy atom. The van der Waals surface area contributed by atoms with Crippen LogP contribution in [0.3, 0.4) is 0 Å². The van der Waals surface area contributed by atoms with E-state index in [0.717, 1.165) is 29.9 Å². The van der Waals surface area contributed by atoms with E-state index in [4.69, 9.17) is 9.47 Å². The third kappa shape index (κ3) is 3.68. The third-order valence-electron chi connectivity index (χ3n) is 3.73. The molecule has 24 heavy (non-hydrogen) atoms. The van der Waals surface area contributed by atoms with Crippen LogP contribution < -0.4 is 14.9 Å². The predicted octanol–water partition coefficient (Wildman–Crippen LogP) is 3.05. The van der Waals surface area contributed by atoms with Gasteiger partial charge < -0.3 is 9.47 Å². The molecule has 1 aliphatic rings. The molecule has 6 heteroatoms. The van der Waals surface area contributed by atoms with Crippen molar-refractivity contribution in [2.75, 3.05) is 20.8 Å². The van der Waals surface area contributed by atoms with E-state index in [1.807, 2.05) is 30.3 Å². The predicted molar refractivity (Wildman–Crippen MR) is 99.1 cm³/mol. The molecule has 1 heterocycles. The van der Waals surface area contributed by atoms with E-state index < -0.39 is 0 Å². The van der Waals surface area contributed by atoms with Crippen molar-refractivity contribution >= 4 is 24.5 Å². The summed E-state index contributed by atoms with van der Waals surface area (Å²) in [5, 5.41) is 4.31. The van der Waals surface area contributed by atoms with Crippen LogP contribution >= 0.6 is 12.4 Å². The molecule has 0 aromatic heterocycles. The van der Waals surface area contributed by atoms with E-state index in [-0.39, 0.29) is 12.4 Å². The van der Waals surface area contributed by atoms with Gasteiger partial charge >= 0.3 is 0 Å². The molecule has 2 aromatic carbocycles. The normalized spacial score (nSPS) is 12.8. The third-order valence-corrected chi connectivity index (χ3v) is 3.73. The number of rotatable bonds is 4. The van der Waals surface area contributed by atoms with Gasteiger partial charge in [-0.05, 0) is 24.1 Å². The number of hydrogen-bond acceptors (Lipinski definition) is 5. The number of fused-ring (bicyclic) bond motifs is 1. The minimum absolute atomic E-state index is 0. The Hall–Kier alpha value is -2.53. The number of amidine groups is 1. The van der Waals surface area contributed by atoms with Gasteiger partial charge in [0.05, 0.1) is 20.4 Å². The Morgan fingerprint density at radius 3 is 2.71 bits per heavy atom. The first-order chi connectivity index (χ1) is 11.3. The number of nitrogens with one attached hydrogen (secondary N) is 1. The lowest BCUT2D eigenvalue weighted by molar-refractivity contribution is 0.354. The van der Waals surface area contributed by atoms with E-state index in [2.05, 4.69) is 27.7 Å². The molecule has 0 spiro atoms. The highest BCUT2D eigenvalue weighted by Crippen LogP contribution is 2.29. The molecule has 0 fully saturated rings. The van der Waals surface area contributed by atoms with E-state index in [9.17, 15) is 0 Å². The number of nitrogens with zero attached hydrogens (tertiary/aromatic N) is 2. The molecule has 0 saturated heterocycles. The summed E-state index contributed by atoms with van der Waals surface area (Å²) < 4.78 is 10.7. The molecule has 3 rings (SSSR count). The second-order valence-corrected chi connectivity index (χ2v) is 5.09. The minimum atomic E-state index is 0. The van der Waals surface area contributed by atoms with Crippen LogP contribution in [0.5, 0.6) is 11.5 Å². The summed E-state index contributed by atoms with van der Waals surface area (Å²) in [6.07, 6.45) is 2.68. The second kappa shape index (κ2) is 8.36. The maximum Gasteiger partial charge on any atom is 0.169 e. The fourth-order valence-corrected chi connectivity index (χ4v) is 2.61. The van der Waals surface area contributed by atoms with Crippen molar-refractivity contribution in [2.45, 2.75) is 6.42 Å². The first-order valence-electron chi connectivity index (χ1n) is 7.46. The van der Waals surface area contributed by atoms with Crippen LogP contribution in [0.1, 0.15) is 16.7 Å². The van der Waals surface area contributed by atoms with Gasteiger partial charge in [0.25, 0.3) is 0 Å². The largest absolute Gasteiger partial charge is 0.493 e. The van der Waals surface area contributed by atoms with Crippen molar-refractivity contribution in [3.8, 4) is 11.5 Å².